The third-order valence-electron chi connectivity index (χ3n) is 4.25. The van der Waals surface area contributed by atoms with E-state index >= 15 is 0 Å². The molecule has 6 nitrogen and oxygen atoms in total. The van der Waals surface area contributed by atoms with Gasteiger partial charge in [0.05, 0.1) is 0 Å². The molecular formula is C18H23N5O. The quantitative estimate of drug-likeness (QED) is 0.818. The van der Waals surface area contributed by atoms with Crippen molar-refractivity contribution >= 4 is 17.4 Å². The van der Waals surface area contributed by atoms with Crippen molar-refractivity contribution in [3.05, 3.63) is 48.2 Å². The van der Waals surface area contributed by atoms with Crippen LogP contribution in [0.1, 0.15) is 23.3 Å². The molecule has 0 radical (unpaired) electrons. The van der Waals surface area contributed by atoms with E-state index in [1.54, 1.807) is 12.1 Å². The van der Waals surface area contributed by atoms with Gasteiger partial charge in [0.1, 0.15) is 5.82 Å². The van der Waals surface area contributed by atoms with E-state index in [0.717, 1.165) is 18.2 Å². The topological polar surface area (TPSA) is 70.2 Å². The van der Waals surface area contributed by atoms with E-state index in [1.165, 1.54) is 12.8 Å². The molecule has 24 heavy (non-hydrogen) atoms. The van der Waals surface area contributed by atoms with Gasteiger partial charge in [-0.05, 0) is 57.1 Å². The van der Waals surface area contributed by atoms with Crippen LogP contribution in [0.3, 0.4) is 0 Å². The number of carbonyl (C=O) groups excluding carboxylic acids is 1. The van der Waals surface area contributed by atoms with Crippen molar-refractivity contribution in [3.63, 3.8) is 0 Å². The lowest BCUT2D eigenvalue weighted by Gasteiger charge is -2.24. The molecule has 0 unspecified atom stereocenters. The number of amides is 1. The first kappa shape index (κ1) is 16.4. The second-order valence-electron chi connectivity index (χ2n) is 6.37. The van der Waals surface area contributed by atoms with E-state index in [4.69, 9.17) is 0 Å². The van der Waals surface area contributed by atoms with Crippen molar-refractivity contribution in [3.8, 4) is 0 Å². The average Bonchev–Trinajstić information content (AvgIpc) is 3.41. The molecule has 0 spiro atoms. The second-order valence-corrected chi connectivity index (χ2v) is 6.37. The number of rotatable bonds is 7. The number of hydrogen-bond acceptors (Lipinski definition) is 5. The first-order valence-electron chi connectivity index (χ1n) is 8.24. The molecule has 6 heteroatoms. The minimum absolute atomic E-state index is 0.260. The lowest BCUT2D eigenvalue weighted by atomic mass is 10.1. The summed E-state index contributed by atoms with van der Waals surface area (Å²) >= 11 is 0. The standard InChI is InChI=1S/C18H23N5O/c1-23(2)16(13-8-9-13)12-19-17-11-10-15(21-22-17)18(24)20-14-6-4-3-5-7-14/h3-7,10-11,13,16H,8-9,12H2,1-2H3,(H,19,22)(H,20,24)/t16-/m0/s1. The van der Waals surface area contributed by atoms with Crippen LogP contribution in [-0.4, -0.2) is 47.7 Å². The molecule has 1 aromatic heterocycles. The molecule has 1 aliphatic rings. The highest BCUT2D eigenvalue weighted by Gasteiger charge is 2.32. The van der Waals surface area contributed by atoms with Crippen LogP contribution >= 0.6 is 0 Å². The maximum Gasteiger partial charge on any atom is 0.276 e. The zero-order valence-corrected chi connectivity index (χ0v) is 14.1. The second kappa shape index (κ2) is 7.40. The van der Waals surface area contributed by atoms with E-state index in [-0.39, 0.29) is 5.91 Å². The molecule has 2 N–H and O–H groups in total. The predicted octanol–water partition coefficient (Wildman–Crippen LogP) is 2.48. The van der Waals surface area contributed by atoms with Crippen molar-refractivity contribution in [2.45, 2.75) is 18.9 Å². The number of nitrogens with zero attached hydrogens (tertiary/aromatic N) is 3. The fraction of sp³-hybridized carbons (Fsp3) is 0.389. The Morgan fingerprint density at radius 1 is 1.17 bits per heavy atom. The largest absolute Gasteiger partial charge is 0.367 e. The maximum absolute atomic E-state index is 12.1. The predicted molar refractivity (Wildman–Crippen MR) is 95.1 cm³/mol. The fourth-order valence-corrected chi connectivity index (χ4v) is 2.73. The van der Waals surface area contributed by atoms with Crippen molar-refractivity contribution in [2.75, 3.05) is 31.3 Å². The summed E-state index contributed by atoms with van der Waals surface area (Å²) in [6.07, 6.45) is 2.60. The Kier molecular flexibility index (Phi) is 5.05. The zero-order valence-electron chi connectivity index (χ0n) is 14.1. The fourth-order valence-electron chi connectivity index (χ4n) is 2.73. The van der Waals surface area contributed by atoms with Crippen molar-refractivity contribution in [2.24, 2.45) is 5.92 Å². The number of anilines is 2. The van der Waals surface area contributed by atoms with E-state index < -0.39 is 0 Å². The number of para-hydroxylation sites is 1. The normalized spacial score (nSPS) is 15.1. The van der Waals surface area contributed by atoms with Gasteiger partial charge < -0.3 is 15.5 Å². The summed E-state index contributed by atoms with van der Waals surface area (Å²) in [4.78, 5) is 14.4. The molecular weight excluding hydrogens is 302 g/mol. The van der Waals surface area contributed by atoms with Crippen molar-refractivity contribution in [1.82, 2.24) is 15.1 Å². The lowest BCUT2D eigenvalue weighted by Crippen LogP contribution is -2.36. The van der Waals surface area contributed by atoms with Gasteiger partial charge in [-0.15, -0.1) is 10.2 Å². The number of benzene rings is 1. The smallest absolute Gasteiger partial charge is 0.276 e. The Balaban J connectivity index is 1.55. The molecule has 1 amide bonds. The molecule has 0 aliphatic heterocycles. The monoisotopic (exact) mass is 325 g/mol. The minimum atomic E-state index is -0.260. The van der Waals surface area contributed by atoms with Gasteiger partial charge in [0.25, 0.3) is 5.91 Å². The average molecular weight is 325 g/mol. The maximum atomic E-state index is 12.1. The van der Waals surface area contributed by atoms with Crippen LogP contribution in [0.25, 0.3) is 0 Å². The number of nitrogens with one attached hydrogen (secondary N) is 2. The van der Waals surface area contributed by atoms with E-state index in [1.807, 2.05) is 30.3 Å². The molecule has 1 aliphatic carbocycles. The summed E-state index contributed by atoms with van der Waals surface area (Å²) in [6.45, 7) is 0.835. The number of carbonyl (C=O) groups is 1. The van der Waals surface area contributed by atoms with Gasteiger partial charge in [0.15, 0.2) is 5.69 Å². The van der Waals surface area contributed by atoms with Crippen LogP contribution in [-0.2, 0) is 0 Å². The van der Waals surface area contributed by atoms with E-state index in [0.29, 0.717) is 17.6 Å². The Bertz CT molecular complexity index is 666. The van der Waals surface area contributed by atoms with Crippen LogP contribution in [0.4, 0.5) is 11.5 Å². The zero-order chi connectivity index (χ0) is 16.9. The Labute approximate surface area is 142 Å². The highest BCUT2D eigenvalue weighted by Crippen LogP contribution is 2.34. The number of hydrogen-bond donors (Lipinski definition) is 2. The molecule has 1 aromatic carbocycles. The molecule has 126 valence electrons. The lowest BCUT2D eigenvalue weighted by molar-refractivity contribution is 0.102. The van der Waals surface area contributed by atoms with Crippen LogP contribution in [0, 0.1) is 5.92 Å². The van der Waals surface area contributed by atoms with E-state index in [2.05, 4.69) is 39.8 Å². The molecule has 1 heterocycles. The van der Waals surface area contributed by atoms with Gasteiger partial charge in [-0.2, -0.15) is 0 Å². The van der Waals surface area contributed by atoms with Crippen LogP contribution in [0.15, 0.2) is 42.5 Å². The van der Waals surface area contributed by atoms with Crippen LogP contribution in [0.5, 0.6) is 0 Å². The van der Waals surface area contributed by atoms with Crippen LogP contribution < -0.4 is 10.6 Å². The molecule has 3 rings (SSSR count). The molecule has 1 fully saturated rings. The van der Waals surface area contributed by atoms with E-state index in [9.17, 15) is 4.79 Å². The molecule has 2 aromatic rings. The summed E-state index contributed by atoms with van der Waals surface area (Å²) in [6, 6.07) is 13.3. The summed E-state index contributed by atoms with van der Waals surface area (Å²) < 4.78 is 0. The Morgan fingerprint density at radius 2 is 1.92 bits per heavy atom. The van der Waals surface area contributed by atoms with Gasteiger partial charge in [0.2, 0.25) is 0 Å². The van der Waals surface area contributed by atoms with Gasteiger partial charge in [-0.1, -0.05) is 18.2 Å². The number of aromatic nitrogens is 2. The van der Waals surface area contributed by atoms with Gasteiger partial charge in [0, 0.05) is 18.3 Å². The third kappa shape index (κ3) is 4.29. The van der Waals surface area contributed by atoms with Crippen molar-refractivity contribution < 1.29 is 4.79 Å². The number of likely N-dealkylation sites (N-methyl/N-ethyl adjacent to an activating group) is 1. The first-order valence-corrected chi connectivity index (χ1v) is 8.24. The molecule has 0 saturated heterocycles. The molecule has 1 atom stereocenters. The Morgan fingerprint density at radius 3 is 2.50 bits per heavy atom. The third-order valence-corrected chi connectivity index (χ3v) is 4.25. The Hall–Kier alpha value is -2.47. The summed E-state index contributed by atoms with van der Waals surface area (Å²) in [5, 5.41) is 14.2. The highest BCUT2D eigenvalue weighted by molar-refractivity contribution is 6.02. The summed E-state index contributed by atoms with van der Waals surface area (Å²) in [5.74, 6) is 1.21. The minimum Gasteiger partial charge on any atom is -0.367 e. The van der Waals surface area contributed by atoms with Gasteiger partial charge in [-0.25, -0.2) is 0 Å². The van der Waals surface area contributed by atoms with Crippen LogP contribution in [0.2, 0.25) is 0 Å². The highest BCUT2D eigenvalue weighted by atomic mass is 16.1. The molecule has 1 saturated carbocycles. The first-order chi connectivity index (χ1) is 11.6. The summed E-state index contributed by atoms with van der Waals surface area (Å²) in [7, 11) is 4.21. The van der Waals surface area contributed by atoms with Gasteiger partial charge in [-0.3, -0.25) is 4.79 Å². The van der Waals surface area contributed by atoms with Gasteiger partial charge >= 0.3 is 0 Å². The molecule has 0 bridgehead atoms. The van der Waals surface area contributed by atoms with Crippen molar-refractivity contribution in [1.29, 1.82) is 0 Å². The summed E-state index contributed by atoms with van der Waals surface area (Å²) in [5.41, 5.74) is 1.04. The SMILES string of the molecule is CN(C)[C@@H](CNc1ccc(C(=O)Nc2ccccc2)nn1)C1CC1.